The maximum Gasteiger partial charge on any atom is 0.224 e. The molecule has 0 aliphatic heterocycles. The summed E-state index contributed by atoms with van der Waals surface area (Å²) in [5, 5.41) is 3.97. The zero-order valence-corrected chi connectivity index (χ0v) is 13.7. The van der Waals surface area contributed by atoms with Crippen molar-refractivity contribution in [2.24, 2.45) is 7.05 Å². The molecule has 1 amide bonds. The van der Waals surface area contributed by atoms with Gasteiger partial charge in [-0.15, -0.1) is 0 Å². The third-order valence-electron chi connectivity index (χ3n) is 4.03. The van der Waals surface area contributed by atoms with E-state index < -0.39 is 0 Å². The van der Waals surface area contributed by atoms with Gasteiger partial charge in [-0.1, -0.05) is 12.1 Å². The summed E-state index contributed by atoms with van der Waals surface area (Å²) in [7, 11) is 3.60. The van der Waals surface area contributed by atoms with Crippen LogP contribution in [0.25, 0.3) is 10.9 Å². The van der Waals surface area contributed by atoms with Gasteiger partial charge in [-0.2, -0.15) is 0 Å². The van der Waals surface area contributed by atoms with E-state index in [2.05, 4.69) is 5.32 Å². The van der Waals surface area contributed by atoms with E-state index in [0.717, 1.165) is 27.8 Å². The Morgan fingerprint density at radius 1 is 1.21 bits per heavy atom. The number of ether oxygens (including phenoxy) is 1. The number of halogens is 1. The van der Waals surface area contributed by atoms with E-state index in [1.54, 1.807) is 19.2 Å². The summed E-state index contributed by atoms with van der Waals surface area (Å²) in [6.45, 7) is 0.435. The van der Waals surface area contributed by atoms with Gasteiger partial charge in [-0.05, 0) is 41.5 Å². The summed E-state index contributed by atoms with van der Waals surface area (Å²) < 4.78 is 20.2. The predicted molar refractivity (Wildman–Crippen MR) is 91.4 cm³/mol. The molecule has 0 saturated carbocycles. The molecule has 2 aromatic carbocycles. The molecular weight excluding hydrogens is 307 g/mol. The van der Waals surface area contributed by atoms with Crippen LogP contribution in [-0.2, 0) is 24.8 Å². The average Bonchev–Trinajstić information content (AvgIpc) is 2.90. The fourth-order valence-corrected chi connectivity index (χ4v) is 2.76. The number of benzene rings is 2. The molecule has 3 rings (SSSR count). The summed E-state index contributed by atoms with van der Waals surface area (Å²) in [6.07, 6.45) is 2.23. The van der Waals surface area contributed by atoms with Gasteiger partial charge < -0.3 is 14.6 Å². The van der Waals surface area contributed by atoms with Crippen molar-refractivity contribution in [1.82, 2.24) is 9.88 Å². The zero-order chi connectivity index (χ0) is 17.1. The number of hydrogen-bond acceptors (Lipinski definition) is 2. The largest absolute Gasteiger partial charge is 0.497 e. The summed E-state index contributed by atoms with van der Waals surface area (Å²) in [6, 6.07) is 11.8. The van der Waals surface area contributed by atoms with Crippen molar-refractivity contribution in [1.29, 1.82) is 0 Å². The zero-order valence-electron chi connectivity index (χ0n) is 13.7. The SMILES string of the molecule is COc1ccc2c(c1)c(CNC(=O)Cc1ccc(F)cc1)cn2C. The normalized spacial score (nSPS) is 10.8. The fourth-order valence-electron chi connectivity index (χ4n) is 2.76. The van der Waals surface area contributed by atoms with Crippen LogP contribution in [0.15, 0.2) is 48.7 Å². The molecule has 0 saturated heterocycles. The van der Waals surface area contributed by atoms with Crippen LogP contribution in [0.3, 0.4) is 0 Å². The lowest BCUT2D eigenvalue weighted by atomic mass is 10.1. The molecule has 24 heavy (non-hydrogen) atoms. The smallest absolute Gasteiger partial charge is 0.224 e. The first-order chi connectivity index (χ1) is 11.6. The molecule has 0 radical (unpaired) electrons. The standard InChI is InChI=1S/C19H19FN2O2/c1-22-12-14(17-10-16(24-2)7-8-18(17)22)11-21-19(23)9-13-3-5-15(20)6-4-13/h3-8,10,12H,9,11H2,1-2H3,(H,21,23). The molecular formula is C19H19FN2O2. The topological polar surface area (TPSA) is 43.3 Å². The van der Waals surface area contributed by atoms with Gasteiger partial charge in [-0.25, -0.2) is 4.39 Å². The van der Waals surface area contributed by atoms with E-state index in [0.29, 0.717) is 6.54 Å². The first-order valence-corrected chi connectivity index (χ1v) is 7.70. The Morgan fingerprint density at radius 2 is 1.96 bits per heavy atom. The van der Waals surface area contributed by atoms with Crippen molar-refractivity contribution in [3.8, 4) is 5.75 Å². The lowest BCUT2D eigenvalue weighted by molar-refractivity contribution is -0.120. The van der Waals surface area contributed by atoms with Gasteiger partial charge in [0.1, 0.15) is 11.6 Å². The molecule has 1 aromatic heterocycles. The van der Waals surface area contributed by atoms with Gasteiger partial charge in [0, 0.05) is 30.7 Å². The van der Waals surface area contributed by atoms with Crippen molar-refractivity contribution in [3.63, 3.8) is 0 Å². The van der Waals surface area contributed by atoms with E-state index in [1.807, 2.05) is 36.0 Å². The number of nitrogens with one attached hydrogen (secondary N) is 1. The van der Waals surface area contributed by atoms with Crippen LogP contribution in [-0.4, -0.2) is 17.6 Å². The fraction of sp³-hybridized carbons (Fsp3) is 0.211. The van der Waals surface area contributed by atoms with E-state index in [-0.39, 0.29) is 18.1 Å². The monoisotopic (exact) mass is 326 g/mol. The van der Waals surface area contributed by atoms with Gasteiger partial charge in [0.25, 0.3) is 0 Å². The van der Waals surface area contributed by atoms with Gasteiger partial charge in [0.05, 0.1) is 13.5 Å². The first-order valence-electron chi connectivity index (χ1n) is 7.70. The minimum absolute atomic E-state index is 0.0958. The van der Waals surface area contributed by atoms with Crippen molar-refractivity contribution in [3.05, 3.63) is 65.6 Å². The number of hydrogen-bond donors (Lipinski definition) is 1. The second kappa shape index (κ2) is 6.74. The highest BCUT2D eigenvalue weighted by atomic mass is 19.1. The number of carbonyl (C=O) groups excluding carboxylic acids is 1. The first kappa shape index (κ1) is 16.1. The van der Waals surface area contributed by atoms with Gasteiger partial charge >= 0.3 is 0 Å². The van der Waals surface area contributed by atoms with Crippen LogP contribution in [0.1, 0.15) is 11.1 Å². The van der Waals surface area contributed by atoms with Crippen molar-refractivity contribution in [2.45, 2.75) is 13.0 Å². The maximum atomic E-state index is 12.9. The van der Waals surface area contributed by atoms with Crippen molar-refractivity contribution in [2.75, 3.05) is 7.11 Å². The Hall–Kier alpha value is -2.82. The molecule has 1 heterocycles. The van der Waals surface area contributed by atoms with E-state index >= 15 is 0 Å². The molecule has 0 fully saturated rings. The van der Waals surface area contributed by atoms with Crippen LogP contribution in [0.4, 0.5) is 4.39 Å². The minimum Gasteiger partial charge on any atom is -0.497 e. The number of rotatable bonds is 5. The summed E-state index contributed by atoms with van der Waals surface area (Å²) >= 11 is 0. The molecule has 0 aliphatic rings. The molecule has 0 atom stereocenters. The third kappa shape index (κ3) is 3.40. The summed E-state index contributed by atoms with van der Waals surface area (Å²) in [5.41, 5.74) is 2.89. The number of carbonyl (C=O) groups is 1. The molecule has 3 aromatic rings. The highest BCUT2D eigenvalue weighted by molar-refractivity contribution is 5.86. The van der Waals surface area contributed by atoms with Gasteiger partial charge in [-0.3, -0.25) is 4.79 Å². The quantitative estimate of drug-likeness (QED) is 0.782. The molecule has 0 bridgehead atoms. The van der Waals surface area contributed by atoms with Crippen molar-refractivity contribution < 1.29 is 13.9 Å². The molecule has 0 spiro atoms. The molecule has 0 aliphatic carbocycles. The maximum absolute atomic E-state index is 12.9. The molecule has 1 N–H and O–H groups in total. The highest BCUT2D eigenvalue weighted by Gasteiger charge is 2.10. The van der Waals surface area contributed by atoms with Crippen LogP contribution < -0.4 is 10.1 Å². The lowest BCUT2D eigenvalue weighted by Crippen LogP contribution is -2.24. The number of aryl methyl sites for hydroxylation is 1. The Balaban J connectivity index is 1.70. The number of fused-ring (bicyclic) bond motifs is 1. The Morgan fingerprint density at radius 3 is 2.67 bits per heavy atom. The predicted octanol–water partition coefficient (Wildman–Crippen LogP) is 3.18. The number of amides is 1. The second-order valence-electron chi connectivity index (χ2n) is 5.73. The van der Waals surface area contributed by atoms with E-state index in [9.17, 15) is 9.18 Å². The lowest BCUT2D eigenvalue weighted by Gasteiger charge is -2.05. The molecule has 4 nitrogen and oxygen atoms in total. The third-order valence-corrected chi connectivity index (χ3v) is 4.03. The Labute approximate surface area is 139 Å². The number of nitrogens with zero attached hydrogens (tertiary/aromatic N) is 1. The molecule has 0 unspecified atom stereocenters. The van der Waals surface area contributed by atoms with Gasteiger partial charge in [0.15, 0.2) is 0 Å². The average molecular weight is 326 g/mol. The molecule has 5 heteroatoms. The minimum atomic E-state index is -0.302. The second-order valence-corrected chi connectivity index (χ2v) is 5.73. The highest BCUT2D eigenvalue weighted by Crippen LogP contribution is 2.25. The number of methoxy groups -OCH3 is 1. The molecule has 124 valence electrons. The van der Waals surface area contributed by atoms with Crippen LogP contribution >= 0.6 is 0 Å². The summed E-state index contributed by atoms with van der Waals surface area (Å²) in [5.74, 6) is 0.387. The number of aromatic nitrogens is 1. The van der Waals surface area contributed by atoms with Crippen molar-refractivity contribution >= 4 is 16.8 Å². The van der Waals surface area contributed by atoms with E-state index in [1.165, 1.54) is 12.1 Å². The van der Waals surface area contributed by atoms with Crippen LogP contribution in [0, 0.1) is 5.82 Å². The van der Waals surface area contributed by atoms with Gasteiger partial charge in [0.2, 0.25) is 5.91 Å². The van der Waals surface area contributed by atoms with Crippen LogP contribution in [0.5, 0.6) is 5.75 Å². The Bertz CT molecular complexity index is 869. The van der Waals surface area contributed by atoms with Crippen LogP contribution in [0.2, 0.25) is 0 Å². The summed E-state index contributed by atoms with van der Waals surface area (Å²) in [4.78, 5) is 12.1. The Kier molecular flexibility index (Phi) is 4.51. The van der Waals surface area contributed by atoms with E-state index in [4.69, 9.17) is 4.74 Å².